The summed E-state index contributed by atoms with van der Waals surface area (Å²) in [6.45, 7) is 6.90. The molecule has 0 spiro atoms. The molecule has 0 saturated carbocycles. The van der Waals surface area contributed by atoms with Gasteiger partial charge in [-0.15, -0.1) is 0 Å². The summed E-state index contributed by atoms with van der Waals surface area (Å²) in [6, 6.07) is 16.3. The molecular formula is C20H25NO3S. The average Bonchev–Trinajstić information content (AvgIpc) is 2.55. The molecule has 0 saturated heterocycles. The number of carbonyl (C=O) groups excluding carboxylic acids is 1. The third-order valence-electron chi connectivity index (χ3n) is 3.98. The Bertz CT molecular complexity index is 804. The maximum absolute atomic E-state index is 12.1. The smallest absolute Gasteiger partial charge is 0.235 e. The van der Waals surface area contributed by atoms with Crippen molar-refractivity contribution in [3.63, 3.8) is 0 Å². The summed E-state index contributed by atoms with van der Waals surface area (Å²) in [5.41, 5.74) is 2.48. The van der Waals surface area contributed by atoms with E-state index in [9.17, 15) is 13.2 Å². The van der Waals surface area contributed by atoms with Crippen molar-refractivity contribution in [2.24, 2.45) is 0 Å². The molecule has 0 aliphatic rings. The lowest BCUT2D eigenvalue weighted by molar-refractivity contribution is -0.118. The topological polar surface area (TPSA) is 63.2 Å². The Labute approximate surface area is 150 Å². The van der Waals surface area contributed by atoms with Crippen molar-refractivity contribution in [3.05, 3.63) is 65.7 Å². The summed E-state index contributed by atoms with van der Waals surface area (Å²) in [4.78, 5) is 12.1. The summed E-state index contributed by atoms with van der Waals surface area (Å²) in [5, 5.41) is 2.68. The van der Waals surface area contributed by atoms with Crippen molar-refractivity contribution in [1.29, 1.82) is 0 Å². The highest BCUT2D eigenvalue weighted by Gasteiger charge is 2.18. The zero-order valence-electron chi connectivity index (χ0n) is 15.0. The third kappa shape index (κ3) is 5.71. The molecule has 2 aromatic rings. The van der Waals surface area contributed by atoms with Gasteiger partial charge in [0, 0.05) is 6.54 Å². The SMILES string of the molecule is CC(C)(C)c1ccc(CCNC(=O)CS(=O)(=O)c2ccccc2)cc1. The first-order chi connectivity index (χ1) is 11.7. The van der Waals surface area contributed by atoms with Crippen LogP contribution in [0.25, 0.3) is 0 Å². The van der Waals surface area contributed by atoms with Gasteiger partial charge in [0.1, 0.15) is 5.75 Å². The summed E-state index contributed by atoms with van der Waals surface area (Å²) >= 11 is 0. The van der Waals surface area contributed by atoms with E-state index in [-0.39, 0.29) is 10.3 Å². The number of amides is 1. The highest BCUT2D eigenvalue weighted by Crippen LogP contribution is 2.22. The number of hydrogen-bond acceptors (Lipinski definition) is 3. The zero-order valence-corrected chi connectivity index (χ0v) is 15.8. The van der Waals surface area contributed by atoms with Gasteiger partial charge in [0.25, 0.3) is 0 Å². The minimum atomic E-state index is -3.59. The summed E-state index contributed by atoms with van der Waals surface area (Å²) in [7, 11) is -3.59. The number of carbonyl (C=O) groups is 1. The Hall–Kier alpha value is -2.14. The van der Waals surface area contributed by atoms with Gasteiger partial charge in [-0.1, -0.05) is 63.2 Å². The molecule has 0 unspecified atom stereocenters. The Morgan fingerprint density at radius 3 is 2.12 bits per heavy atom. The summed E-state index contributed by atoms with van der Waals surface area (Å²) in [6.07, 6.45) is 0.668. The van der Waals surface area contributed by atoms with Gasteiger partial charge in [-0.25, -0.2) is 8.42 Å². The lowest BCUT2D eigenvalue weighted by Gasteiger charge is -2.19. The second-order valence-corrected chi connectivity index (χ2v) is 9.11. The fourth-order valence-electron chi connectivity index (χ4n) is 2.45. The molecule has 0 aromatic heterocycles. The standard InChI is InChI=1S/C20H25NO3S/c1-20(2,3)17-11-9-16(10-12-17)13-14-21-19(22)15-25(23,24)18-7-5-4-6-8-18/h4-12H,13-15H2,1-3H3,(H,21,22). The van der Waals surface area contributed by atoms with Crippen LogP contribution in [-0.4, -0.2) is 26.6 Å². The predicted octanol–water partition coefficient (Wildman–Crippen LogP) is 3.12. The van der Waals surface area contributed by atoms with Crippen molar-refractivity contribution in [3.8, 4) is 0 Å². The molecule has 25 heavy (non-hydrogen) atoms. The van der Waals surface area contributed by atoms with Crippen LogP contribution in [0.2, 0.25) is 0 Å². The van der Waals surface area contributed by atoms with Gasteiger partial charge < -0.3 is 5.32 Å². The summed E-state index contributed by atoms with van der Waals surface area (Å²) in [5.74, 6) is -1.00. The van der Waals surface area contributed by atoms with E-state index >= 15 is 0 Å². The molecule has 0 atom stereocenters. The first kappa shape index (κ1) is 19.2. The summed E-state index contributed by atoms with van der Waals surface area (Å²) < 4.78 is 24.3. The van der Waals surface area contributed by atoms with Crippen molar-refractivity contribution in [2.75, 3.05) is 12.3 Å². The number of nitrogens with one attached hydrogen (secondary N) is 1. The second-order valence-electron chi connectivity index (χ2n) is 7.12. The number of hydrogen-bond donors (Lipinski definition) is 1. The van der Waals surface area contributed by atoms with E-state index in [1.54, 1.807) is 18.2 Å². The van der Waals surface area contributed by atoms with Crippen molar-refractivity contribution in [1.82, 2.24) is 5.32 Å². The molecule has 0 heterocycles. The van der Waals surface area contributed by atoms with Crippen LogP contribution in [0.3, 0.4) is 0 Å². The van der Waals surface area contributed by atoms with E-state index in [1.807, 2.05) is 12.1 Å². The molecular weight excluding hydrogens is 334 g/mol. The first-order valence-electron chi connectivity index (χ1n) is 8.32. The zero-order chi connectivity index (χ0) is 18.5. The maximum atomic E-state index is 12.1. The first-order valence-corrected chi connectivity index (χ1v) is 9.98. The van der Waals surface area contributed by atoms with E-state index in [0.29, 0.717) is 13.0 Å². The molecule has 0 aliphatic carbocycles. The lowest BCUT2D eigenvalue weighted by Crippen LogP contribution is -2.31. The van der Waals surface area contributed by atoms with Crippen LogP contribution >= 0.6 is 0 Å². The Morgan fingerprint density at radius 1 is 0.960 bits per heavy atom. The molecule has 2 rings (SSSR count). The Morgan fingerprint density at radius 2 is 1.56 bits per heavy atom. The molecule has 1 amide bonds. The van der Waals surface area contributed by atoms with Crippen LogP contribution < -0.4 is 5.32 Å². The van der Waals surface area contributed by atoms with E-state index in [1.165, 1.54) is 17.7 Å². The molecule has 0 aliphatic heterocycles. The fourth-order valence-corrected chi connectivity index (χ4v) is 3.64. The quantitative estimate of drug-likeness (QED) is 0.862. The van der Waals surface area contributed by atoms with Crippen LogP contribution in [-0.2, 0) is 26.5 Å². The van der Waals surface area contributed by atoms with Crippen LogP contribution in [0.4, 0.5) is 0 Å². The number of sulfone groups is 1. The molecule has 5 heteroatoms. The monoisotopic (exact) mass is 359 g/mol. The third-order valence-corrected chi connectivity index (χ3v) is 5.61. The molecule has 4 nitrogen and oxygen atoms in total. The van der Waals surface area contributed by atoms with Gasteiger partial charge in [-0.2, -0.15) is 0 Å². The molecule has 0 bridgehead atoms. The van der Waals surface area contributed by atoms with Gasteiger partial charge in [0.15, 0.2) is 9.84 Å². The Kier molecular flexibility index (Phi) is 6.01. The number of rotatable bonds is 6. The average molecular weight is 359 g/mol. The molecule has 2 aromatic carbocycles. The predicted molar refractivity (Wildman–Crippen MR) is 100 cm³/mol. The van der Waals surface area contributed by atoms with E-state index in [4.69, 9.17) is 0 Å². The van der Waals surface area contributed by atoms with Crippen molar-refractivity contribution in [2.45, 2.75) is 37.5 Å². The minimum Gasteiger partial charge on any atom is -0.355 e. The maximum Gasteiger partial charge on any atom is 0.235 e. The van der Waals surface area contributed by atoms with Crippen LogP contribution in [0.1, 0.15) is 31.9 Å². The second kappa shape index (κ2) is 7.83. The molecule has 0 radical (unpaired) electrons. The van der Waals surface area contributed by atoms with Crippen LogP contribution in [0.5, 0.6) is 0 Å². The largest absolute Gasteiger partial charge is 0.355 e. The molecule has 1 N–H and O–H groups in total. The highest BCUT2D eigenvalue weighted by molar-refractivity contribution is 7.92. The van der Waals surface area contributed by atoms with Gasteiger partial charge in [0.05, 0.1) is 4.90 Å². The number of benzene rings is 2. The van der Waals surface area contributed by atoms with E-state index < -0.39 is 21.5 Å². The van der Waals surface area contributed by atoms with Crippen LogP contribution in [0.15, 0.2) is 59.5 Å². The van der Waals surface area contributed by atoms with E-state index in [2.05, 4.69) is 38.2 Å². The van der Waals surface area contributed by atoms with Gasteiger partial charge in [0.2, 0.25) is 5.91 Å². The highest BCUT2D eigenvalue weighted by atomic mass is 32.2. The van der Waals surface area contributed by atoms with E-state index in [0.717, 1.165) is 5.56 Å². The Balaban J connectivity index is 1.85. The van der Waals surface area contributed by atoms with Gasteiger partial charge >= 0.3 is 0 Å². The van der Waals surface area contributed by atoms with Crippen LogP contribution in [0, 0.1) is 0 Å². The fraction of sp³-hybridized carbons (Fsp3) is 0.350. The van der Waals surface area contributed by atoms with Gasteiger partial charge in [-0.3, -0.25) is 4.79 Å². The van der Waals surface area contributed by atoms with Crippen molar-refractivity contribution >= 4 is 15.7 Å². The van der Waals surface area contributed by atoms with Crippen molar-refractivity contribution < 1.29 is 13.2 Å². The molecule has 0 fully saturated rings. The normalized spacial score (nSPS) is 12.0. The van der Waals surface area contributed by atoms with Gasteiger partial charge in [-0.05, 0) is 35.1 Å². The molecule has 134 valence electrons. The minimum absolute atomic E-state index is 0.110. The lowest BCUT2D eigenvalue weighted by atomic mass is 9.86.